The molecule has 0 saturated heterocycles. The summed E-state index contributed by atoms with van der Waals surface area (Å²) in [4.78, 5) is 4.37. The molecule has 0 aliphatic rings. The number of hydrogen-bond acceptors (Lipinski definition) is 3. The van der Waals surface area contributed by atoms with Gasteiger partial charge in [-0.1, -0.05) is 12.2 Å². The van der Waals surface area contributed by atoms with Crippen molar-refractivity contribution in [3.8, 4) is 0 Å². The summed E-state index contributed by atoms with van der Waals surface area (Å²) in [6, 6.07) is 3.57. The van der Waals surface area contributed by atoms with Crippen LogP contribution in [0.3, 0.4) is 0 Å². The van der Waals surface area contributed by atoms with E-state index < -0.39 is 0 Å². The van der Waals surface area contributed by atoms with E-state index in [9.17, 15) is 0 Å². The Kier molecular flexibility index (Phi) is 2.95. The lowest BCUT2D eigenvalue weighted by molar-refractivity contribution is 0.287. The van der Waals surface area contributed by atoms with Crippen LogP contribution in [0.25, 0.3) is 0 Å². The Morgan fingerprint density at radius 2 is 2.18 bits per heavy atom. The second-order valence-corrected chi connectivity index (χ2v) is 2.31. The molecule has 0 aromatic carbocycles. The summed E-state index contributed by atoms with van der Waals surface area (Å²) in [7, 11) is 0. The third-order valence-corrected chi connectivity index (χ3v) is 1.56. The minimum atomic E-state index is -0.138. The molecule has 11 heavy (non-hydrogen) atoms. The van der Waals surface area contributed by atoms with Gasteiger partial charge in [-0.2, -0.15) is 0 Å². The Morgan fingerprint density at radius 1 is 1.55 bits per heavy atom. The molecular formula is C7H8N2OS. The molecule has 0 fully saturated rings. The maximum absolute atomic E-state index is 8.48. The molecule has 0 bridgehead atoms. The van der Waals surface area contributed by atoms with E-state index in [0.29, 0.717) is 4.99 Å². The lowest BCUT2D eigenvalue weighted by Crippen LogP contribution is -2.22. The van der Waals surface area contributed by atoms with Crippen LogP contribution in [0.1, 0.15) is 5.56 Å². The maximum Gasteiger partial charge on any atom is 0.113 e. The standard InChI is InChI=1S/C7H8N2OS/c10-5-9-7(11)6-1-3-8-4-2-6/h1-4,10H,5H2,(H,9,11). The van der Waals surface area contributed by atoms with Crippen LogP contribution in [-0.2, 0) is 0 Å². The number of aliphatic hydroxyl groups is 1. The van der Waals surface area contributed by atoms with Crippen molar-refractivity contribution in [1.29, 1.82) is 0 Å². The van der Waals surface area contributed by atoms with Gasteiger partial charge in [0.05, 0.1) is 0 Å². The highest BCUT2D eigenvalue weighted by atomic mass is 32.1. The van der Waals surface area contributed by atoms with Gasteiger partial charge < -0.3 is 10.4 Å². The Hall–Kier alpha value is -1.00. The van der Waals surface area contributed by atoms with Crippen molar-refractivity contribution in [1.82, 2.24) is 10.3 Å². The molecule has 0 saturated carbocycles. The zero-order chi connectivity index (χ0) is 8.10. The van der Waals surface area contributed by atoms with Crippen LogP contribution in [0.15, 0.2) is 24.5 Å². The van der Waals surface area contributed by atoms with E-state index in [1.807, 2.05) is 0 Å². The third-order valence-electron chi connectivity index (χ3n) is 1.18. The minimum Gasteiger partial charge on any atom is -0.377 e. The number of pyridine rings is 1. The fraction of sp³-hybridized carbons (Fsp3) is 0.143. The second-order valence-electron chi connectivity index (χ2n) is 1.90. The molecule has 0 spiro atoms. The van der Waals surface area contributed by atoms with Gasteiger partial charge in [-0.15, -0.1) is 0 Å². The predicted octanol–water partition coefficient (Wildman–Crippen LogP) is 0.297. The summed E-state index contributed by atoms with van der Waals surface area (Å²) >= 11 is 4.92. The van der Waals surface area contributed by atoms with Gasteiger partial charge in [0.25, 0.3) is 0 Å². The summed E-state index contributed by atoms with van der Waals surface area (Å²) < 4.78 is 0. The first-order valence-electron chi connectivity index (χ1n) is 3.13. The van der Waals surface area contributed by atoms with Crippen molar-refractivity contribution in [2.75, 3.05) is 6.73 Å². The summed E-state index contributed by atoms with van der Waals surface area (Å²) in [5.74, 6) is 0. The zero-order valence-corrected chi connectivity index (χ0v) is 6.64. The van der Waals surface area contributed by atoms with Gasteiger partial charge in [0.1, 0.15) is 11.7 Å². The van der Waals surface area contributed by atoms with E-state index in [1.54, 1.807) is 24.5 Å². The molecule has 2 N–H and O–H groups in total. The van der Waals surface area contributed by atoms with Crippen molar-refractivity contribution in [2.24, 2.45) is 0 Å². The van der Waals surface area contributed by atoms with E-state index in [-0.39, 0.29) is 6.73 Å². The fourth-order valence-electron chi connectivity index (χ4n) is 0.677. The highest BCUT2D eigenvalue weighted by Crippen LogP contribution is 1.95. The summed E-state index contributed by atoms with van der Waals surface area (Å²) in [6.45, 7) is -0.138. The van der Waals surface area contributed by atoms with Crippen LogP contribution >= 0.6 is 12.2 Å². The molecule has 0 radical (unpaired) electrons. The zero-order valence-electron chi connectivity index (χ0n) is 5.82. The molecule has 0 unspecified atom stereocenters. The minimum absolute atomic E-state index is 0.138. The molecule has 0 aliphatic carbocycles. The largest absolute Gasteiger partial charge is 0.377 e. The summed E-state index contributed by atoms with van der Waals surface area (Å²) in [5, 5.41) is 11.1. The SMILES string of the molecule is OCNC(=S)c1ccncc1. The van der Waals surface area contributed by atoms with Crippen LogP contribution in [0.5, 0.6) is 0 Å². The van der Waals surface area contributed by atoms with Gasteiger partial charge in [-0.25, -0.2) is 0 Å². The van der Waals surface area contributed by atoms with E-state index in [4.69, 9.17) is 17.3 Å². The monoisotopic (exact) mass is 168 g/mol. The van der Waals surface area contributed by atoms with Gasteiger partial charge in [0.15, 0.2) is 0 Å². The molecule has 3 nitrogen and oxygen atoms in total. The first-order valence-corrected chi connectivity index (χ1v) is 3.54. The topological polar surface area (TPSA) is 45.1 Å². The Morgan fingerprint density at radius 3 is 2.73 bits per heavy atom. The number of rotatable bonds is 2. The molecular weight excluding hydrogens is 160 g/mol. The van der Waals surface area contributed by atoms with Crippen LogP contribution < -0.4 is 5.32 Å². The van der Waals surface area contributed by atoms with Crippen molar-refractivity contribution < 1.29 is 5.11 Å². The average molecular weight is 168 g/mol. The van der Waals surface area contributed by atoms with E-state index in [0.717, 1.165) is 5.56 Å². The molecule has 1 rings (SSSR count). The van der Waals surface area contributed by atoms with Gasteiger partial charge in [0, 0.05) is 18.0 Å². The summed E-state index contributed by atoms with van der Waals surface area (Å²) in [5.41, 5.74) is 0.865. The van der Waals surface area contributed by atoms with Gasteiger partial charge >= 0.3 is 0 Å². The Labute approximate surface area is 70.1 Å². The number of thiocarbonyl (C=S) groups is 1. The van der Waals surface area contributed by atoms with Crippen molar-refractivity contribution in [2.45, 2.75) is 0 Å². The number of aliphatic hydroxyl groups excluding tert-OH is 1. The number of aromatic nitrogens is 1. The molecule has 0 atom stereocenters. The van der Waals surface area contributed by atoms with Crippen LogP contribution in [0, 0.1) is 0 Å². The predicted molar refractivity (Wildman–Crippen MR) is 46.2 cm³/mol. The Balaban J connectivity index is 2.69. The second kappa shape index (κ2) is 4.00. The molecule has 1 aromatic heterocycles. The normalized spacial score (nSPS) is 9.18. The van der Waals surface area contributed by atoms with Gasteiger partial charge in [-0.3, -0.25) is 4.98 Å². The quantitative estimate of drug-likeness (QED) is 0.492. The molecule has 4 heteroatoms. The van der Waals surface area contributed by atoms with Crippen LogP contribution in [0.4, 0.5) is 0 Å². The van der Waals surface area contributed by atoms with Crippen molar-refractivity contribution in [3.05, 3.63) is 30.1 Å². The molecule has 0 amide bonds. The lowest BCUT2D eigenvalue weighted by Gasteiger charge is -2.02. The maximum atomic E-state index is 8.48. The average Bonchev–Trinajstić information content (AvgIpc) is 2.07. The molecule has 1 heterocycles. The first-order chi connectivity index (χ1) is 5.34. The Bertz CT molecular complexity index is 237. The fourth-order valence-corrected chi connectivity index (χ4v) is 0.878. The first kappa shape index (κ1) is 8.10. The van der Waals surface area contributed by atoms with E-state index in [1.165, 1.54) is 0 Å². The molecule has 58 valence electrons. The number of hydrogen-bond donors (Lipinski definition) is 2. The van der Waals surface area contributed by atoms with Crippen LogP contribution in [-0.4, -0.2) is 21.8 Å². The third kappa shape index (κ3) is 2.25. The molecule has 0 aliphatic heterocycles. The smallest absolute Gasteiger partial charge is 0.113 e. The van der Waals surface area contributed by atoms with Crippen LogP contribution in [0.2, 0.25) is 0 Å². The highest BCUT2D eigenvalue weighted by molar-refractivity contribution is 7.80. The van der Waals surface area contributed by atoms with Gasteiger partial charge in [-0.05, 0) is 12.1 Å². The molecule has 1 aromatic rings. The van der Waals surface area contributed by atoms with Crippen molar-refractivity contribution in [3.63, 3.8) is 0 Å². The summed E-state index contributed by atoms with van der Waals surface area (Å²) in [6.07, 6.45) is 3.31. The number of nitrogens with zero attached hydrogens (tertiary/aromatic N) is 1. The van der Waals surface area contributed by atoms with Crippen molar-refractivity contribution >= 4 is 17.2 Å². The van der Waals surface area contributed by atoms with E-state index in [2.05, 4.69) is 10.3 Å². The highest BCUT2D eigenvalue weighted by Gasteiger charge is 1.96. The van der Waals surface area contributed by atoms with E-state index >= 15 is 0 Å². The van der Waals surface area contributed by atoms with Gasteiger partial charge in [0.2, 0.25) is 0 Å². The lowest BCUT2D eigenvalue weighted by atomic mass is 10.3. The number of nitrogens with one attached hydrogen (secondary N) is 1.